The van der Waals surface area contributed by atoms with Gasteiger partial charge in [-0.05, 0) is 30.3 Å². The number of rotatable bonds is 5. The van der Waals surface area contributed by atoms with E-state index in [0.717, 1.165) is 0 Å². The van der Waals surface area contributed by atoms with E-state index >= 15 is 0 Å². The fourth-order valence-corrected chi connectivity index (χ4v) is 2.91. The molecule has 0 aliphatic rings. The number of nitrogens with one attached hydrogen (secondary N) is 1. The lowest BCUT2D eigenvalue weighted by Crippen LogP contribution is -2.13. The van der Waals surface area contributed by atoms with Gasteiger partial charge in [0.1, 0.15) is 0 Å². The van der Waals surface area contributed by atoms with E-state index in [1.807, 2.05) is 6.07 Å². The Balaban J connectivity index is 2.36. The largest absolute Gasteiger partial charge is 0.493 e. The molecule has 0 aliphatic carbocycles. The first kappa shape index (κ1) is 15.7. The maximum absolute atomic E-state index is 12.4. The number of benzene rings is 2. The van der Waals surface area contributed by atoms with Gasteiger partial charge in [0.15, 0.2) is 11.5 Å². The molecule has 2 aromatic carbocycles. The summed E-state index contributed by atoms with van der Waals surface area (Å²) >= 11 is 0. The summed E-state index contributed by atoms with van der Waals surface area (Å²) in [6.07, 6.45) is 0. The fraction of sp³-hybridized carbons (Fsp3) is 0.133. The second-order valence-electron chi connectivity index (χ2n) is 4.31. The van der Waals surface area contributed by atoms with Crippen molar-refractivity contribution in [2.75, 3.05) is 18.9 Å². The Bertz CT molecular complexity index is 826. The lowest BCUT2D eigenvalue weighted by atomic mass is 10.2. The van der Waals surface area contributed by atoms with Crippen LogP contribution in [0.5, 0.6) is 11.5 Å². The van der Waals surface area contributed by atoms with E-state index in [0.29, 0.717) is 22.7 Å². The summed E-state index contributed by atoms with van der Waals surface area (Å²) < 4.78 is 37.4. The van der Waals surface area contributed by atoms with Crippen LogP contribution in [0.25, 0.3) is 0 Å². The minimum absolute atomic E-state index is 0.0347. The van der Waals surface area contributed by atoms with Crippen LogP contribution >= 0.6 is 0 Å². The van der Waals surface area contributed by atoms with Crippen molar-refractivity contribution < 1.29 is 17.9 Å². The molecule has 114 valence electrons. The van der Waals surface area contributed by atoms with Gasteiger partial charge < -0.3 is 9.47 Å². The highest BCUT2D eigenvalue weighted by Gasteiger charge is 2.17. The Labute approximate surface area is 129 Å². The van der Waals surface area contributed by atoms with E-state index in [2.05, 4.69) is 4.72 Å². The monoisotopic (exact) mass is 318 g/mol. The summed E-state index contributed by atoms with van der Waals surface area (Å²) in [6.45, 7) is 0. The van der Waals surface area contributed by atoms with Gasteiger partial charge in [-0.2, -0.15) is 5.26 Å². The SMILES string of the molecule is COc1ccc(S(=O)(=O)Nc2cccc(C#N)c2)cc1OC. The molecule has 0 spiro atoms. The van der Waals surface area contributed by atoms with Crippen LogP contribution in [0.3, 0.4) is 0 Å². The molecule has 0 saturated carbocycles. The molecule has 0 radical (unpaired) electrons. The third-order valence-electron chi connectivity index (χ3n) is 2.91. The van der Waals surface area contributed by atoms with E-state index < -0.39 is 10.0 Å². The molecular formula is C15H14N2O4S. The van der Waals surface area contributed by atoms with Crippen molar-refractivity contribution in [3.63, 3.8) is 0 Å². The quantitative estimate of drug-likeness (QED) is 0.914. The average Bonchev–Trinajstić information content (AvgIpc) is 2.53. The zero-order valence-corrected chi connectivity index (χ0v) is 12.8. The third-order valence-corrected chi connectivity index (χ3v) is 4.29. The Kier molecular flexibility index (Phi) is 4.53. The Hall–Kier alpha value is -2.72. The maximum Gasteiger partial charge on any atom is 0.262 e. The number of nitriles is 1. The molecule has 0 amide bonds. The van der Waals surface area contributed by atoms with Crippen molar-refractivity contribution in [3.8, 4) is 17.6 Å². The number of hydrogen-bond donors (Lipinski definition) is 1. The topological polar surface area (TPSA) is 88.4 Å². The highest BCUT2D eigenvalue weighted by Crippen LogP contribution is 2.30. The van der Waals surface area contributed by atoms with Gasteiger partial charge >= 0.3 is 0 Å². The van der Waals surface area contributed by atoms with Crippen LogP contribution in [-0.4, -0.2) is 22.6 Å². The van der Waals surface area contributed by atoms with Gasteiger partial charge in [0.25, 0.3) is 10.0 Å². The molecule has 6 nitrogen and oxygen atoms in total. The minimum Gasteiger partial charge on any atom is -0.493 e. The number of methoxy groups -OCH3 is 2. The maximum atomic E-state index is 12.4. The van der Waals surface area contributed by atoms with Crippen molar-refractivity contribution in [3.05, 3.63) is 48.0 Å². The normalized spacial score (nSPS) is 10.6. The summed E-state index contributed by atoms with van der Waals surface area (Å²) in [5, 5.41) is 8.85. The Morgan fingerprint density at radius 2 is 1.77 bits per heavy atom. The zero-order chi connectivity index (χ0) is 16.2. The summed E-state index contributed by atoms with van der Waals surface area (Å²) in [4.78, 5) is 0.0347. The molecule has 0 atom stereocenters. The molecule has 2 aromatic rings. The zero-order valence-electron chi connectivity index (χ0n) is 12.0. The van der Waals surface area contributed by atoms with Crippen molar-refractivity contribution in [2.45, 2.75) is 4.90 Å². The predicted molar refractivity (Wildman–Crippen MR) is 81.5 cm³/mol. The number of hydrogen-bond acceptors (Lipinski definition) is 5. The fourth-order valence-electron chi connectivity index (χ4n) is 1.85. The van der Waals surface area contributed by atoms with E-state index in [-0.39, 0.29) is 4.90 Å². The summed E-state index contributed by atoms with van der Waals surface area (Å²) in [7, 11) is -0.892. The average molecular weight is 318 g/mol. The third kappa shape index (κ3) is 3.30. The van der Waals surface area contributed by atoms with Crippen molar-refractivity contribution in [1.82, 2.24) is 0 Å². The second kappa shape index (κ2) is 6.37. The molecular weight excluding hydrogens is 304 g/mol. The van der Waals surface area contributed by atoms with E-state index in [9.17, 15) is 8.42 Å². The van der Waals surface area contributed by atoms with E-state index in [4.69, 9.17) is 14.7 Å². The van der Waals surface area contributed by atoms with Crippen molar-refractivity contribution >= 4 is 15.7 Å². The summed E-state index contributed by atoms with van der Waals surface area (Å²) in [6, 6.07) is 12.5. The standard InChI is InChI=1S/C15H14N2O4S/c1-20-14-7-6-13(9-15(14)21-2)22(18,19)17-12-5-3-4-11(8-12)10-16/h3-9,17H,1-2H3. The van der Waals surface area contributed by atoms with Gasteiger partial charge in [-0.15, -0.1) is 0 Å². The highest BCUT2D eigenvalue weighted by molar-refractivity contribution is 7.92. The van der Waals surface area contributed by atoms with Gasteiger partial charge in [-0.3, -0.25) is 4.72 Å². The molecule has 22 heavy (non-hydrogen) atoms. The smallest absolute Gasteiger partial charge is 0.262 e. The molecule has 2 rings (SSSR count). The molecule has 0 bridgehead atoms. The predicted octanol–water partition coefficient (Wildman–Crippen LogP) is 2.38. The molecule has 0 aliphatic heterocycles. The van der Waals surface area contributed by atoms with Gasteiger partial charge in [-0.25, -0.2) is 8.42 Å². The molecule has 0 saturated heterocycles. The lowest BCUT2D eigenvalue weighted by Gasteiger charge is -2.11. The second-order valence-corrected chi connectivity index (χ2v) is 6.00. The van der Waals surface area contributed by atoms with Crippen LogP contribution in [0.1, 0.15) is 5.56 Å². The van der Waals surface area contributed by atoms with Gasteiger partial charge in [0, 0.05) is 6.07 Å². The van der Waals surface area contributed by atoms with Gasteiger partial charge in [-0.1, -0.05) is 6.07 Å². The van der Waals surface area contributed by atoms with Crippen LogP contribution < -0.4 is 14.2 Å². The number of sulfonamides is 1. The number of anilines is 1. The number of nitrogens with zero attached hydrogens (tertiary/aromatic N) is 1. The van der Waals surface area contributed by atoms with Crippen LogP contribution in [0, 0.1) is 11.3 Å². The summed E-state index contributed by atoms with van der Waals surface area (Å²) in [5.41, 5.74) is 0.682. The molecule has 1 N–H and O–H groups in total. The van der Waals surface area contributed by atoms with E-state index in [1.165, 1.54) is 38.5 Å². The van der Waals surface area contributed by atoms with E-state index in [1.54, 1.807) is 18.2 Å². The highest BCUT2D eigenvalue weighted by atomic mass is 32.2. The number of ether oxygens (including phenoxy) is 2. The molecule has 0 heterocycles. The molecule has 0 aromatic heterocycles. The van der Waals surface area contributed by atoms with Crippen LogP contribution in [0.2, 0.25) is 0 Å². The molecule has 0 fully saturated rings. The first-order valence-electron chi connectivity index (χ1n) is 6.25. The van der Waals surface area contributed by atoms with Crippen LogP contribution in [0.15, 0.2) is 47.4 Å². The minimum atomic E-state index is -3.79. The first-order valence-corrected chi connectivity index (χ1v) is 7.73. The van der Waals surface area contributed by atoms with Gasteiger partial charge in [0.05, 0.1) is 36.4 Å². The van der Waals surface area contributed by atoms with Crippen molar-refractivity contribution in [1.29, 1.82) is 5.26 Å². The Morgan fingerprint density at radius 1 is 1.05 bits per heavy atom. The van der Waals surface area contributed by atoms with Crippen molar-refractivity contribution in [2.24, 2.45) is 0 Å². The van der Waals surface area contributed by atoms with Crippen LogP contribution in [0.4, 0.5) is 5.69 Å². The molecule has 7 heteroatoms. The molecule has 0 unspecified atom stereocenters. The summed E-state index contributed by atoms with van der Waals surface area (Å²) in [5.74, 6) is 0.754. The van der Waals surface area contributed by atoms with Crippen LogP contribution in [-0.2, 0) is 10.0 Å². The Morgan fingerprint density at radius 3 is 2.41 bits per heavy atom. The first-order chi connectivity index (χ1) is 10.5. The lowest BCUT2D eigenvalue weighted by molar-refractivity contribution is 0.354. The van der Waals surface area contributed by atoms with Gasteiger partial charge in [0.2, 0.25) is 0 Å².